The highest BCUT2D eigenvalue weighted by Gasteiger charge is 2.38. The van der Waals surface area contributed by atoms with E-state index in [9.17, 15) is 4.79 Å². The Balaban J connectivity index is 1.94. The van der Waals surface area contributed by atoms with E-state index in [1.165, 1.54) is 5.56 Å². The van der Waals surface area contributed by atoms with Crippen LogP contribution < -0.4 is 10.1 Å². The summed E-state index contributed by atoms with van der Waals surface area (Å²) in [6.45, 7) is 4.88. The van der Waals surface area contributed by atoms with Crippen molar-refractivity contribution >= 4 is 11.7 Å². The maximum absolute atomic E-state index is 13.1. The first kappa shape index (κ1) is 15.8. The number of aromatic nitrogens is 2. The lowest BCUT2D eigenvalue weighted by Crippen LogP contribution is -2.46. The Kier molecular flexibility index (Phi) is 3.96. The molecule has 2 aliphatic rings. The normalized spacial score (nSPS) is 17.4. The molecule has 4 rings (SSSR count). The van der Waals surface area contributed by atoms with E-state index in [2.05, 4.69) is 29.7 Å². The van der Waals surface area contributed by atoms with E-state index in [0.717, 1.165) is 42.3 Å². The van der Waals surface area contributed by atoms with Gasteiger partial charge in [0.2, 0.25) is 0 Å². The SMILES string of the molecule is CCCc1c(C)[n+](Cc2ccccc2)c2n(c1=O)C1C=CC=CC1=N2. The summed E-state index contributed by atoms with van der Waals surface area (Å²) >= 11 is 0. The second-order valence-corrected chi connectivity index (χ2v) is 6.59. The van der Waals surface area contributed by atoms with Crippen LogP contribution in [0.3, 0.4) is 0 Å². The second-order valence-electron chi connectivity index (χ2n) is 6.59. The van der Waals surface area contributed by atoms with E-state index in [4.69, 9.17) is 4.99 Å². The van der Waals surface area contributed by atoms with E-state index in [1.807, 2.05) is 47.9 Å². The van der Waals surface area contributed by atoms with Gasteiger partial charge in [-0.1, -0.05) is 60.8 Å². The van der Waals surface area contributed by atoms with Gasteiger partial charge in [-0.3, -0.25) is 4.79 Å². The lowest BCUT2D eigenvalue weighted by atomic mass is 10.1. The molecule has 1 unspecified atom stereocenters. The molecular formula is C21H22N3O+. The standard InChI is InChI=1S/C21H22N3O/c1-3-9-17-15(2)23(14-16-10-5-4-6-11-16)21-22-18-12-7-8-13-19(18)24(21)20(17)25/h4-8,10-13,19H,3,9,14H2,1-2H3/q+1. The van der Waals surface area contributed by atoms with E-state index in [0.29, 0.717) is 0 Å². The molecule has 126 valence electrons. The first-order valence-electron chi connectivity index (χ1n) is 8.86. The zero-order valence-corrected chi connectivity index (χ0v) is 14.6. The average molecular weight is 332 g/mol. The summed E-state index contributed by atoms with van der Waals surface area (Å²) < 4.78 is 4.05. The van der Waals surface area contributed by atoms with E-state index in [1.54, 1.807) is 0 Å². The monoisotopic (exact) mass is 332 g/mol. The van der Waals surface area contributed by atoms with Gasteiger partial charge in [0, 0.05) is 0 Å². The predicted octanol–water partition coefficient (Wildman–Crippen LogP) is 3.20. The molecule has 1 aromatic heterocycles. The summed E-state index contributed by atoms with van der Waals surface area (Å²) in [5, 5.41) is 0. The van der Waals surface area contributed by atoms with Crippen molar-refractivity contribution in [2.45, 2.75) is 39.3 Å². The van der Waals surface area contributed by atoms with Crippen LogP contribution in [0.5, 0.6) is 0 Å². The first-order chi connectivity index (χ1) is 12.2. The quantitative estimate of drug-likeness (QED) is 0.792. The molecule has 1 aliphatic carbocycles. The van der Waals surface area contributed by atoms with Crippen LogP contribution in [0.2, 0.25) is 0 Å². The summed E-state index contributed by atoms with van der Waals surface area (Å²) in [7, 11) is 0. The Bertz CT molecular complexity index is 965. The van der Waals surface area contributed by atoms with E-state index in [-0.39, 0.29) is 11.6 Å². The van der Waals surface area contributed by atoms with Gasteiger partial charge in [-0.05, 0) is 31.1 Å². The molecule has 2 aromatic rings. The number of fused-ring (bicyclic) bond motifs is 3. The molecule has 1 aromatic carbocycles. The maximum Gasteiger partial charge on any atom is 0.403 e. The number of nitrogens with zero attached hydrogens (tertiary/aromatic N) is 3. The summed E-state index contributed by atoms with van der Waals surface area (Å²) in [5.74, 6) is 0.752. The van der Waals surface area contributed by atoms with Gasteiger partial charge >= 0.3 is 11.5 Å². The van der Waals surface area contributed by atoms with Crippen molar-refractivity contribution in [1.82, 2.24) is 4.57 Å². The van der Waals surface area contributed by atoms with Gasteiger partial charge in [-0.15, -0.1) is 0 Å². The molecule has 0 amide bonds. The molecule has 2 heterocycles. The van der Waals surface area contributed by atoms with Gasteiger partial charge < -0.3 is 0 Å². The molecule has 0 radical (unpaired) electrons. The van der Waals surface area contributed by atoms with Gasteiger partial charge in [0.25, 0.3) is 0 Å². The second kappa shape index (κ2) is 6.28. The highest BCUT2D eigenvalue weighted by molar-refractivity contribution is 6.03. The molecule has 0 spiro atoms. The molecule has 25 heavy (non-hydrogen) atoms. The molecular weight excluding hydrogens is 310 g/mol. The molecule has 0 bridgehead atoms. The fraction of sp³-hybridized carbons (Fsp3) is 0.286. The van der Waals surface area contributed by atoms with Crippen molar-refractivity contribution in [1.29, 1.82) is 0 Å². The van der Waals surface area contributed by atoms with Crippen molar-refractivity contribution in [3.05, 3.63) is 81.8 Å². The van der Waals surface area contributed by atoms with E-state index >= 15 is 0 Å². The molecule has 0 saturated heterocycles. The summed E-state index contributed by atoms with van der Waals surface area (Å²) in [4.78, 5) is 17.9. The minimum absolute atomic E-state index is 0.0780. The minimum Gasteiger partial charge on any atom is -0.250 e. The Morgan fingerprint density at radius 1 is 1.20 bits per heavy atom. The largest absolute Gasteiger partial charge is 0.403 e. The van der Waals surface area contributed by atoms with E-state index < -0.39 is 0 Å². The minimum atomic E-state index is -0.0780. The number of aliphatic imine (C=N–C) groups is 1. The molecule has 0 N–H and O–H groups in total. The van der Waals surface area contributed by atoms with Gasteiger partial charge in [0.1, 0.15) is 0 Å². The third kappa shape index (κ3) is 2.58. The predicted molar refractivity (Wildman–Crippen MR) is 99.6 cm³/mol. The Morgan fingerprint density at radius 3 is 2.76 bits per heavy atom. The molecule has 4 nitrogen and oxygen atoms in total. The van der Waals surface area contributed by atoms with Gasteiger partial charge in [-0.25, -0.2) is 4.57 Å². The summed E-state index contributed by atoms with van der Waals surface area (Å²) in [6.07, 6.45) is 9.77. The fourth-order valence-electron chi connectivity index (χ4n) is 3.65. The number of rotatable bonds is 4. The van der Waals surface area contributed by atoms with Crippen LogP contribution in [0.1, 0.15) is 36.2 Å². The highest BCUT2D eigenvalue weighted by atomic mass is 16.1. The maximum atomic E-state index is 13.1. The number of allylic oxidation sites excluding steroid dienone is 4. The van der Waals surface area contributed by atoms with Crippen molar-refractivity contribution < 1.29 is 4.57 Å². The van der Waals surface area contributed by atoms with Crippen molar-refractivity contribution in [3.63, 3.8) is 0 Å². The van der Waals surface area contributed by atoms with Crippen LogP contribution in [-0.2, 0) is 13.0 Å². The topological polar surface area (TPSA) is 38.2 Å². The Labute approximate surface area is 147 Å². The third-order valence-corrected chi connectivity index (χ3v) is 4.94. The fourth-order valence-corrected chi connectivity index (χ4v) is 3.65. The Hall–Kier alpha value is -2.75. The van der Waals surface area contributed by atoms with Crippen LogP contribution in [0.4, 0.5) is 5.95 Å². The van der Waals surface area contributed by atoms with Crippen LogP contribution in [0.25, 0.3) is 0 Å². The van der Waals surface area contributed by atoms with Crippen molar-refractivity contribution in [2.24, 2.45) is 4.99 Å². The van der Waals surface area contributed by atoms with Crippen LogP contribution in [0.15, 0.2) is 64.4 Å². The third-order valence-electron chi connectivity index (χ3n) is 4.94. The zero-order valence-electron chi connectivity index (χ0n) is 14.6. The van der Waals surface area contributed by atoms with Crippen molar-refractivity contribution in [3.8, 4) is 0 Å². The smallest absolute Gasteiger partial charge is 0.250 e. The summed E-state index contributed by atoms with van der Waals surface area (Å²) in [6, 6.07) is 10.3. The first-order valence-corrected chi connectivity index (χ1v) is 8.86. The highest BCUT2D eigenvalue weighted by Crippen LogP contribution is 2.28. The Morgan fingerprint density at radius 2 is 2.00 bits per heavy atom. The van der Waals surface area contributed by atoms with Gasteiger partial charge in [0.05, 0.1) is 17.8 Å². The molecule has 0 fully saturated rings. The average Bonchev–Trinajstić information content (AvgIpc) is 3.03. The van der Waals surface area contributed by atoms with Gasteiger partial charge in [-0.2, -0.15) is 4.57 Å². The molecule has 1 atom stereocenters. The lowest BCUT2D eigenvalue weighted by Gasteiger charge is -2.14. The summed E-state index contributed by atoms with van der Waals surface area (Å²) in [5.41, 5.74) is 4.18. The van der Waals surface area contributed by atoms with Crippen LogP contribution >= 0.6 is 0 Å². The molecule has 4 heteroatoms. The van der Waals surface area contributed by atoms with Crippen LogP contribution in [0, 0.1) is 6.92 Å². The number of hydrogen-bond acceptors (Lipinski definition) is 2. The van der Waals surface area contributed by atoms with Crippen molar-refractivity contribution in [2.75, 3.05) is 0 Å². The number of hydrogen-bond donors (Lipinski definition) is 0. The molecule has 0 saturated carbocycles. The molecule has 1 aliphatic heterocycles. The van der Waals surface area contributed by atoms with Gasteiger partial charge in [0.15, 0.2) is 11.8 Å². The number of benzene rings is 1. The van der Waals surface area contributed by atoms with Crippen LogP contribution in [-0.4, -0.2) is 10.3 Å². The zero-order chi connectivity index (χ0) is 17.4. The lowest BCUT2D eigenvalue weighted by molar-refractivity contribution is -0.685.